The Kier molecular flexibility index (Phi) is 10.4. The molecule has 3 fully saturated rings. The summed E-state index contributed by atoms with van der Waals surface area (Å²) in [6.45, 7) is 5.20. The van der Waals surface area contributed by atoms with E-state index in [1.807, 2.05) is 0 Å². The number of quaternary nitrogens is 1. The van der Waals surface area contributed by atoms with Crippen molar-refractivity contribution in [3.05, 3.63) is 0 Å². The highest BCUT2D eigenvalue weighted by Gasteiger charge is 2.29. The van der Waals surface area contributed by atoms with E-state index in [1.54, 1.807) is 20.8 Å². The van der Waals surface area contributed by atoms with Crippen LogP contribution in [0.3, 0.4) is 0 Å². The summed E-state index contributed by atoms with van der Waals surface area (Å²) < 4.78 is 5.04. The molecule has 3 aliphatic rings. The fourth-order valence-corrected chi connectivity index (χ4v) is 5.13. The van der Waals surface area contributed by atoms with Crippen molar-refractivity contribution >= 4 is 12.1 Å². The van der Waals surface area contributed by atoms with Crippen LogP contribution in [0.4, 0.5) is 4.79 Å². The molecule has 0 aromatic carbocycles. The molecule has 1 atom stereocenters. The van der Waals surface area contributed by atoms with E-state index < -0.39 is 23.7 Å². The Morgan fingerprint density at radius 1 is 0.833 bits per heavy atom. The van der Waals surface area contributed by atoms with Gasteiger partial charge in [-0.15, -0.1) is 0 Å². The zero-order valence-electron chi connectivity index (χ0n) is 19.4. The first-order valence-electron chi connectivity index (χ1n) is 12.3. The molecule has 1 amide bonds. The van der Waals surface area contributed by atoms with Crippen molar-refractivity contribution < 1.29 is 24.7 Å². The fraction of sp³-hybridized carbons (Fsp3) is 0.917. The second-order valence-electron chi connectivity index (χ2n) is 10.5. The smallest absolute Gasteiger partial charge is 0.408 e. The van der Waals surface area contributed by atoms with Gasteiger partial charge in [0, 0.05) is 0 Å². The van der Waals surface area contributed by atoms with Gasteiger partial charge in [0.1, 0.15) is 5.60 Å². The number of carboxylic acid groups (broad SMARTS) is 1. The highest BCUT2D eigenvalue weighted by atomic mass is 16.6. The summed E-state index contributed by atoms with van der Waals surface area (Å²) in [4.78, 5) is 22.5. The van der Waals surface area contributed by atoms with Crippen molar-refractivity contribution in [2.75, 3.05) is 0 Å². The molecule has 30 heavy (non-hydrogen) atoms. The molecule has 3 saturated carbocycles. The second-order valence-corrected chi connectivity index (χ2v) is 10.5. The lowest BCUT2D eigenvalue weighted by Crippen LogP contribution is -2.95. The van der Waals surface area contributed by atoms with Crippen LogP contribution in [0.5, 0.6) is 0 Å². The first-order valence-corrected chi connectivity index (χ1v) is 12.3. The van der Waals surface area contributed by atoms with E-state index >= 15 is 0 Å². The molecule has 0 spiro atoms. The van der Waals surface area contributed by atoms with Crippen molar-refractivity contribution in [1.82, 2.24) is 5.32 Å². The molecule has 0 aliphatic heterocycles. The van der Waals surface area contributed by atoms with Crippen molar-refractivity contribution in [3.8, 4) is 0 Å². The Bertz CT molecular complexity index is 498. The van der Waals surface area contributed by atoms with Gasteiger partial charge in [-0.05, 0) is 90.9 Å². The zero-order chi connectivity index (χ0) is 22.0. The third-order valence-corrected chi connectivity index (χ3v) is 6.64. The first-order chi connectivity index (χ1) is 14.2. The second kappa shape index (κ2) is 12.5. The van der Waals surface area contributed by atoms with Crippen molar-refractivity contribution in [1.29, 1.82) is 0 Å². The van der Waals surface area contributed by atoms with Gasteiger partial charge in [0.15, 0.2) is 0 Å². The maximum atomic E-state index is 11.5. The summed E-state index contributed by atoms with van der Waals surface area (Å²) in [7, 11) is 0. The van der Waals surface area contributed by atoms with Crippen molar-refractivity contribution in [2.45, 2.75) is 134 Å². The van der Waals surface area contributed by atoms with Crippen LogP contribution in [0.1, 0.15) is 111 Å². The average molecular weight is 425 g/mol. The van der Waals surface area contributed by atoms with Gasteiger partial charge in [-0.3, -0.25) is 0 Å². The van der Waals surface area contributed by atoms with E-state index in [2.05, 4.69) is 10.6 Å². The molecule has 1 unspecified atom stereocenters. The molecule has 0 radical (unpaired) electrons. The number of alkyl carbamates (subject to hydrolysis) is 1. The third-order valence-electron chi connectivity index (χ3n) is 6.64. The average Bonchev–Trinajstić information content (AvgIpc) is 3.21. The molecule has 174 valence electrons. The summed E-state index contributed by atoms with van der Waals surface area (Å²) in [5, 5.41) is 16.1. The molecule has 3 aliphatic carbocycles. The maximum Gasteiger partial charge on any atom is 0.408 e. The highest BCUT2D eigenvalue weighted by molar-refractivity contribution is 5.79. The highest BCUT2D eigenvalue weighted by Crippen LogP contribution is 2.27. The number of carbonyl (C=O) groups is 2. The van der Waals surface area contributed by atoms with E-state index in [4.69, 9.17) is 4.74 Å². The number of rotatable bonds is 5. The molecule has 0 aromatic rings. The molecule has 6 heteroatoms. The summed E-state index contributed by atoms with van der Waals surface area (Å²) in [5.41, 5.74) is -0.629. The molecule has 6 nitrogen and oxygen atoms in total. The SMILES string of the molecule is C1CCC([NH2+]C2CCCCC2)CC1.CC(C)(C)OC(=O)NC(C(=O)[O-])C1CCCC1. The predicted octanol–water partition coefficient (Wildman–Crippen LogP) is 3.04. The van der Waals surface area contributed by atoms with Gasteiger partial charge in [-0.25, -0.2) is 4.79 Å². The van der Waals surface area contributed by atoms with Gasteiger partial charge in [0.2, 0.25) is 0 Å². The summed E-state index contributed by atoms with van der Waals surface area (Å²) in [6.07, 6.45) is 17.9. The largest absolute Gasteiger partial charge is 0.548 e. The normalized spacial score (nSPS) is 22.6. The third kappa shape index (κ3) is 9.67. The lowest BCUT2D eigenvalue weighted by Gasteiger charge is -2.27. The maximum absolute atomic E-state index is 11.5. The fourth-order valence-electron chi connectivity index (χ4n) is 5.13. The van der Waals surface area contributed by atoms with Crippen LogP contribution in [0, 0.1) is 5.92 Å². The van der Waals surface area contributed by atoms with Gasteiger partial charge in [0.25, 0.3) is 0 Å². The molecule has 0 aromatic heterocycles. The molecule has 3 N–H and O–H groups in total. The van der Waals surface area contributed by atoms with Crippen LogP contribution in [0.2, 0.25) is 0 Å². The monoisotopic (exact) mass is 424 g/mol. The number of nitrogens with one attached hydrogen (secondary N) is 1. The Labute approximate surface area is 182 Å². The summed E-state index contributed by atoms with van der Waals surface area (Å²) in [6, 6.07) is 1.06. The van der Waals surface area contributed by atoms with Gasteiger partial charge in [-0.2, -0.15) is 0 Å². The molecule has 0 bridgehead atoms. The minimum Gasteiger partial charge on any atom is -0.548 e. The number of hydrogen-bond donors (Lipinski definition) is 2. The van der Waals surface area contributed by atoms with Crippen LogP contribution in [-0.4, -0.2) is 35.8 Å². The van der Waals surface area contributed by atoms with Gasteiger partial charge in [-0.1, -0.05) is 25.7 Å². The minimum absolute atomic E-state index is 0.0347. The van der Waals surface area contributed by atoms with E-state index in [-0.39, 0.29) is 5.92 Å². The number of carboxylic acids is 1. The number of aliphatic carboxylic acids is 1. The van der Waals surface area contributed by atoms with Crippen molar-refractivity contribution in [3.63, 3.8) is 0 Å². The Hall–Kier alpha value is -1.30. The number of nitrogens with two attached hydrogens (primary N) is 1. The molecule has 0 saturated heterocycles. The van der Waals surface area contributed by atoms with Crippen LogP contribution in [0.25, 0.3) is 0 Å². The Morgan fingerprint density at radius 3 is 1.67 bits per heavy atom. The van der Waals surface area contributed by atoms with Crippen LogP contribution in [-0.2, 0) is 9.53 Å². The number of ether oxygens (including phenoxy) is 1. The number of carbonyl (C=O) groups excluding carboxylic acids is 2. The standard InChI is InChI=1S/C12H21NO4.C12H23N/c1-12(2,3)17-11(16)13-9(10(14)15)8-6-4-5-7-8;1-3-7-11(8-4-1)13-12-9-5-2-6-10-12/h8-9H,4-7H2,1-3H3,(H,13,16)(H,14,15);11-13H,1-10H2. The molecule has 0 heterocycles. The Morgan fingerprint density at radius 2 is 1.27 bits per heavy atom. The van der Waals surface area contributed by atoms with Crippen molar-refractivity contribution in [2.24, 2.45) is 5.92 Å². The molecular formula is C24H44N2O4. The summed E-state index contributed by atoms with van der Waals surface area (Å²) >= 11 is 0. The molecule has 3 rings (SSSR count). The van der Waals surface area contributed by atoms with Gasteiger partial charge < -0.3 is 25.3 Å². The van der Waals surface area contributed by atoms with E-state index in [9.17, 15) is 14.7 Å². The quantitative estimate of drug-likeness (QED) is 0.709. The van der Waals surface area contributed by atoms with Gasteiger partial charge >= 0.3 is 6.09 Å². The minimum atomic E-state index is -1.23. The van der Waals surface area contributed by atoms with Crippen LogP contribution >= 0.6 is 0 Å². The summed E-state index contributed by atoms with van der Waals surface area (Å²) in [5.74, 6) is -1.27. The first kappa shape index (κ1) is 25.0. The van der Waals surface area contributed by atoms with Gasteiger partial charge in [0.05, 0.1) is 24.1 Å². The topological polar surface area (TPSA) is 95.1 Å². The predicted molar refractivity (Wildman–Crippen MR) is 116 cm³/mol. The zero-order valence-corrected chi connectivity index (χ0v) is 19.4. The Balaban J connectivity index is 0.000000220. The molecular weight excluding hydrogens is 380 g/mol. The van der Waals surface area contributed by atoms with E-state index in [1.165, 1.54) is 64.2 Å². The van der Waals surface area contributed by atoms with E-state index in [0.29, 0.717) is 0 Å². The van der Waals surface area contributed by atoms with Crippen LogP contribution in [0.15, 0.2) is 0 Å². The van der Waals surface area contributed by atoms with Crippen LogP contribution < -0.4 is 15.7 Å². The lowest BCUT2D eigenvalue weighted by molar-refractivity contribution is -0.725. The lowest BCUT2D eigenvalue weighted by atomic mass is 9.91. The number of hydrogen-bond acceptors (Lipinski definition) is 4. The number of amides is 1. The van der Waals surface area contributed by atoms with E-state index in [0.717, 1.165) is 37.8 Å².